The minimum atomic E-state index is -0.0415. The molecule has 0 saturated carbocycles. The topological polar surface area (TPSA) is 76.8 Å². The van der Waals surface area contributed by atoms with E-state index in [1.165, 1.54) is 0 Å². The minimum Gasteiger partial charge on any atom is -0.337 e. The molecule has 0 N–H and O–H groups in total. The van der Waals surface area contributed by atoms with E-state index < -0.39 is 0 Å². The Morgan fingerprint density at radius 2 is 1.97 bits per heavy atom. The molecular formula is C23H22N6O. The van der Waals surface area contributed by atoms with Crippen LogP contribution < -0.4 is 0 Å². The van der Waals surface area contributed by atoms with Crippen LogP contribution in [0.25, 0.3) is 22.4 Å². The highest BCUT2D eigenvalue weighted by molar-refractivity contribution is 5.95. The molecule has 1 saturated heterocycles. The van der Waals surface area contributed by atoms with Gasteiger partial charge in [-0.15, -0.1) is 0 Å². The number of fused-ring (bicyclic) bond motifs is 1. The standard InChI is InChI=1S/C23H22N6O/c1-15-13-20(22-24-10-12-28(22)2)27-21(25-15)17-9-11-29(14-17)23(30)19-8-7-16-5-3-4-6-18(16)26-19/h3-8,10,12-13,17H,9,11,14H2,1-2H3/t17-/m1/s1. The first-order chi connectivity index (χ1) is 14.6. The number of nitrogens with zero attached hydrogens (tertiary/aromatic N) is 6. The van der Waals surface area contributed by atoms with E-state index in [2.05, 4.69) is 15.0 Å². The lowest BCUT2D eigenvalue weighted by atomic mass is 10.1. The minimum absolute atomic E-state index is 0.0415. The fourth-order valence-electron chi connectivity index (χ4n) is 4.00. The maximum absolute atomic E-state index is 13.0. The van der Waals surface area contributed by atoms with E-state index in [-0.39, 0.29) is 11.8 Å². The second kappa shape index (κ2) is 7.33. The average Bonchev–Trinajstić information content (AvgIpc) is 3.42. The highest BCUT2D eigenvalue weighted by Gasteiger charge is 2.31. The first kappa shape index (κ1) is 18.4. The third kappa shape index (κ3) is 3.32. The summed E-state index contributed by atoms with van der Waals surface area (Å²) in [6, 6.07) is 13.5. The summed E-state index contributed by atoms with van der Waals surface area (Å²) in [6.45, 7) is 3.23. The molecule has 7 heteroatoms. The number of pyridine rings is 1. The van der Waals surface area contributed by atoms with Gasteiger partial charge in [0.1, 0.15) is 17.2 Å². The van der Waals surface area contributed by atoms with Crippen LogP contribution in [-0.2, 0) is 7.05 Å². The van der Waals surface area contributed by atoms with Crippen LogP contribution in [0.5, 0.6) is 0 Å². The molecule has 5 rings (SSSR count). The van der Waals surface area contributed by atoms with E-state index in [4.69, 9.17) is 4.98 Å². The summed E-state index contributed by atoms with van der Waals surface area (Å²) in [6.07, 6.45) is 4.50. The molecule has 4 heterocycles. The maximum atomic E-state index is 13.0. The Kier molecular flexibility index (Phi) is 4.50. The summed E-state index contributed by atoms with van der Waals surface area (Å²) in [5.74, 6) is 1.65. The van der Waals surface area contributed by atoms with Gasteiger partial charge < -0.3 is 9.47 Å². The van der Waals surface area contributed by atoms with Gasteiger partial charge in [0.05, 0.1) is 5.52 Å². The number of hydrogen-bond acceptors (Lipinski definition) is 5. The number of aromatic nitrogens is 5. The summed E-state index contributed by atoms with van der Waals surface area (Å²) in [5, 5.41) is 1.03. The van der Waals surface area contributed by atoms with E-state index in [0.717, 1.165) is 40.4 Å². The number of carbonyl (C=O) groups excluding carboxylic acids is 1. The largest absolute Gasteiger partial charge is 0.337 e. The van der Waals surface area contributed by atoms with E-state index in [0.29, 0.717) is 18.8 Å². The molecular weight excluding hydrogens is 376 g/mol. The zero-order chi connectivity index (χ0) is 20.7. The first-order valence-corrected chi connectivity index (χ1v) is 10.1. The zero-order valence-corrected chi connectivity index (χ0v) is 17.0. The summed E-state index contributed by atoms with van der Waals surface area (Å²) in [4.78, 5) is 33.3. The van der Waals surface area contributed by atoms with Crippen LogP contribution >= 0.6 is 0 Å². The number of rotatable bonds is 3. The van der Waals surface area contributed by atoms with E-state index in [1.54, 1.807) is 12.3 Å². The highest BCUT2D eigenvalue weighted by Crippen LogP contribution is 2.28. The SMILES string of the molecule is Cc1cc(-c2nccn2C)nc([C@@H]2CCN(C(=O)c3ccc4ccccc4n3)C2)n1. The van der Waals surface area contributed by atoms with Gasteiger partial charge in [-0.3, -0.25) is 4.79 Å². The van der Waals surface area contributed by atoms with Crippen LogP contribution in [0.15, 0.2) is 54.9 Å². The lowest BCUT2D eigenvalue weighted by Gasteiger charge is -2.16. The summed E-state index contributed by atoms with van der Waals surface area (Å²) in [5.41, 5.74) is 3.03. The Balaban J connectivity index is 1.38. The molecule has 0 aliphatic carbocycles. The molecule has 1 atom stereocenters. The quantitative estimate of drug-likeness (QED) is 0.529. The van der Waals surface area contributed by atoms with Crippen LogP contribution in [-0.4, -0.2) is 48.4 Å². The van der Waals surface area contributed by atoms with Crippen molar-refractivity contribution in [2.24, 2.45) is 7.05 Å². The van der Waals surface area contributed by atoms with E-state index >= 15 is 0 Å². The van der Waals surface area contributed by atoms with Gasteiger partial charge >= 0.3 is 0 Å². The fourth-order valence-corrected chi connectivity index (χ4v) is 4.00. The van der Waals surface area contributed by atoms with Crippen molar-refractivity contribution in [2.45, 2.75) is 19.3 Å². The van der Waals surface area contributed by atoms with Gasteiger partial charge in [-0.2, -0.15) is 0 Å². The summed E-state index contributed by atoms with van der Waals surface area (Å²) >= 11 is 0. The zero-order valence-electron chi connectivity index (χ0n) is 17.0. The molecule has 0 bridgehead atoms. The molecule has 0 radical (unpaired) electrons. The van der Waals surface area contributed by atoms with Crippen LogP contribution in [0.2, 0.25) is 0 Å². The third-order valence-electron chi connectivity index (χ3n) is 5.58. The number of benzene rings is 1. The van der Waals surface area contributed by atoms with Crippen LogP contribution in [0.3, 0.4) is 0 Å². The predicted octanol–water partition coefficient (Wildman–Crippen LogP) is 3.36. The number of aryl methyl sites for hydroxylation is 2. The van der Waals surface area contributed by atoms with E-state index in [9.17, 15) is 4.79 Å². The van der Waals surface area contributed by atoms with Gasteiger partial charge in [0, 0.05) is 49.5 Å². The number of amides is 1. The lowest BCUT2D eigenvalue weighted by Crippen LogP contribution is -2.29. The van der Waals surface area contributed by atoms with Gasteiger partial charge in [-0.25, -0.2) is 19.9 Å². The fraction of sp³-hybridized carbons (Fsp3) is 0.261. The number of imidazole rings is 1. The van der Waals surface area contributed by atoms with Crippen molar-refractivity contribution < 1.29 is 4.79 Å². The predicted molar refractivity (Wildman–Crippen MR) is 114 cm³/mol. The lowest BCUT2D eigenvalue weighted by molar-refractivity contribution is 0.0785. The van der Waals surface area contributed by atoms with Crippen molar-refractivity contribution in [3.8, 4) is 11.5 Å². The number of para-hydroxylation sites is 1. The van der Waals surface area contributed by atoms with Crippen molar-refractivity contribution in [1.82, 2.24) is 29.4 Å². The monoisotopic (exact) mass is 398 g/mol. The highest BCUT2D eigenvalue weighted by atomic mass is 16.2. The second-order valence-electron chi connectivity index (χ2n) is 7.74. The van der Waals surface area contributed by atoms with Gasteiger partial charge in [-0.1, -0.05) is 24.3 Å². The molecule has 1 aromatic carbocycles. The van der Waals surface area contributed by atoms with E-state index in [1.807, 2.05) is 66.0 Å². The van der Waals surface area contributed by atoms with Gasteiger partial charge in [0.2, 0.25) is 0 Å². The number of hydrogen-bond donors (Lipinski definition) is 0. The van der Waals surface area contributed by atoms with Crippen LogP contribution in [0, 0.1) is 6.92 Å². The molecule has 3 aromatic heterocycles. The Hall–Kier alpha value is -3.61. The molecule has 7 nitrogen and oxygen atoms in total. The average molecular weight is 398 g/mol. The first-order valence-electron chi connectivity index (χ1n) is 10.1. The van der Waals surface area contributed by atoms with Gasteiger partial charge in [0.25, 0.3) is 5.91 Å². The van der Waals surface area contributed by atoms with Crippen LogP contribution in [0.4, 0.5) is 0 Å². The number of likely N-dealkylation sites (tertiary alicyclic amines) is 1. The molecule has 150 valence electrons. The molecule has 0 spiro atoms. The summed E-state index contributed by atoms with van der Waals surface area (Å²) in [7, 11) is 1.95. The van der Waals surface area contributed by atoms with Crippen molar-refractivity contribution in [3.05, 3.63) is 72.1 Å². The Morgan fingerprint density at radius 1 is 1.10 bits per heavy atom. The third-order valence-corrected chi connectivity index (χ3v) is 5.58. The van der Waals surface area contributed by atoms with Crippen molar-refractivity contribution in [1.29, 1.82) is 0 Å². The number of carbonyl (C=O) groups is 1. The van der Waals surface area contributed by atoms with Crippen LogP contribution in [0.1, 0.15) is 34.3 Å². The summed E-state index contributed by atoms with van der Waals surface area (Å²) < 4.78 is 1.95. The van der Waals surface area contributed by atoms with Crippen molar-refractivity contribution in [2.75, 3.05) is 13.1 Å². The Bertz CT molecular complexity index is 1250. The molecule has 1 fully saturated rings. The molecule has 30 heavy (non-hydrogen) atoms. The molecule has 4 aromatic rings. The molecule has 1 aliphatic rings. The smallest absolute Gasteiger partial charge is 0.272 e. The maximum Gasteiger partial charge on any atom is 0.272 e. The second-order valence-corrected chi connectivity index (χ2v) is 7.74. The molecule has 1 aliphatic heterocycles. The Labute approximate surface area is 174 Å². The van der Waals surface area contributed by atoms with Gasteiger partial charge in [0.15, 0.2) is 5.82 Å². The molecule has 0 unspecified atom stereocenters. The van der Waals surface area contributed by atoms with Crippen molar-refractivity contribution in [3.63, 3.8) is 0 Å². The van der Waals surface area contributed by atoms with Gasteiger partial charge in [-0.05, 0) is 31.5 Å². The normalized spacial score (nSPS) is 16.3. The molecule has 1 amide bonds. The Morgan fingerprint density at radius 3 is 2.80 bits per heavy atom. The van der Waals surface area contributed by atoms with Crippen molar-refractivity contribution >= 4 is 16.8 Å².